The molecule has 0 saturated carbocycles. The molecule has 2 aromatic rings. The fraction of sp³-hybridized carbons (Fsp3) is 0.400. The van der Waals surface area contributed by atoms with Crippen molar-refractivity contribution in [3.8, 4) is 0 Å². The van der Waals surface area contributed by atoms with Crippen molar-refractivity contribution in [2.75, 3.05) is 13.2 Å². The molecule has 0 amide bonds. The summed E-state index contributed by atoms with van der Waals surface area (Å²) in [6, 6.07) is 13.7. The molecule has 0 radical (unpaired) electrons. The molecule has 0 heterocycles. The van der Waals surface area contributed by atoms with Crippen LogP contribution in [0.25, 0.3) is 0 Å². The first kappa shape index (κ1) is 19.6. The van der Waals surface area contributed by atoms with Crippen molar-refractivity contribution in [2.24, 2.45) is 0 Å². The van der Waals surface area contributed by atoms with Gasteiger partial charge >= 0.3 is 0 Å². The molecular formula is C20H27NO3S. The minimum atomic E-state index is -3.54. The van der Waals surface area contributed by atoms with Crippen LogP contribution < -0.4 is 4.72 Å². The Morgan fingerprint density at radius 2 is 1.60 bits per heavy atom. The van der Waals surface area contributed by atoms with Gasteiger partial charge in [-0.2, -0.15) is 0 Å². The van der Waals surface area contributed by atoms with Crippen molar-refractivity contribution in [3.63, 3.8) is 0 Å². The lowest BCUT2D eigenvalue weighted by Gasteiger charge is -2.18. The molecule has 2 rings (SSSR count). The van der Waals surface area contributed by atoms with E-state index in [0.717, 1.165) is 22.3 Å². The van der Waals surface area contributed by atoms with Gasteiger partial charge in [0.25, 0.3) is 0 Å². The number of aliphatic hydroxyl groups is 1. The lowest BCUT2D eigenvalue weighted by molar-refractivity contribution is 0.273. The van der Waals surface area contributed by atoms with E-state index in [2.05, 4.69) is 4.72 Å². The van der Waals surface area contributed by atoms with Crippen molar-refractivity contribution in [1.82, 2.24) is 4.72 Å². The highest BCUT2D eigenvalue weighted by Gasteiger charge is 2.20. The molecule has 2 N–H and O–H groups in total. The third-order valence-electron chi connectivity index (χ3n) is 4.41. The average Bonchev–Trinajstić information content (AvgIpc) is 2.53. The Labute approximate surface area is 151 Å². The second-order valence-corrected chi connectivity index (χ2v) is 8.24. The van der Waals surface area contributed by atoms with Crippen LogP contribution in [-0.4, -0.2) is 26.7 Å². The number of nitrogens with one attached hydrogen (secondary N) is 1. The SMILES string of the molecule is Cc1cc(C)c(S(=O)(=O)NCCC(CCO)c2ccccc2)c(C)c1. The maximum absolute atomic E-state index is 12.7. The normalized spacial score (nSPS) is 13.0. The van der Waals surface area contributed by atoms with E-state index in [1.807, 2.05) is 63.2 Å². The van der Waals surface area contributed by atoms with E-state index in [-0.39, 0.29) is 12.5 Å². The summed E-state index contributed by atoms with van der Waals surface area (Å²) in [7, 11) is -3.54. The van der Waals surface area contributed by atoms with Gasteiger partial charge in [0, 0.05) is 13.2 Å². The molecule has 0 spiro atoms. The molecule has 0 bridgehead atoms. The lowest BCUT2D eigenvalue weighted by Crippen LogP contribution is -2.27. The van der Waals surface area contributed by atoms with Gasteiger partial charge in [-0.15, -0.1) is 0 Å². The zero-order chi connectivity index (χ0) is 18.4. The van der Waals surface area contributed by atoms with Crippen LogP contribution in [0.3, 0.4) is 0 Å². The number of sulfonamides is 1. The van der Waals surface area contributed by atoms with Crippen LogP contribution in [0.1, 0.15) is 41.0 Å². The smallest absolute Gasteiger partial charge is 0.241 e. The predicted octanol–water partition coefficient (Wildman–Crippen LogP) is 3.45. The van der Waals surface area contributed by atoms with Crippen LogP contribution in [0.4, 0.5) is 0 Å². The van der Waals surface area contributed by atoms with Gasteiger partial charge in [-0.3, -0.25) is 0 Å². The van der Waals surface area contributed by atoms with Crippen molar-refractivity contribution in [2.45, 2.75) is 44.4 Å². The van der Waals surface area contributed by atoms with Crippen molar-refractivity contribution in [3.05, 3.63) is 64.7 Å². The first-order chi connectivity index (χ1) is 11.8. The number of benzene rings is 2. The Morgan fingerprint density at radius 1 is 1.00 bits per heavy atom. The van der Waals surface area contributed by atoms with Crippen molar-refractivity contribution < 1.29 is 13.5 Å². The maximum atomic E-state index is 12.7. The highest BCUT2D eigenvalue weighted by molar-refractivity contribution is 7.89. The summed E-state index contributed by atoms with van der Waals surface area (Å²) in [5, 5.41) is 9.30. The Bertz CT molecular complexity index is 778. The number of rotatable bonds is 8. The Kier molecular flexibility index (Phi) is 6.76. The summed E-state index contributed by atoms with van der Waals surface area (Å²) in [6.45, 7) is 6.04. The molecule has 5 heteroatoms. The summed E-state index contributed by atoms with van der Waals surface area (Å²) >= 11 is 0. The van der Waals surface area contributed by atoms with Crippen LogP contribution in [-0.2, 0) is 10.0 Å². The summed E-state index contributed by atoms with van der Waals surface area (Å²) in [6.07, 6.45) is 1.27. The number of hydrogen-bond donors (Lipinski definition) is 2. The number of aliphatic hydroxyl groups excluding tert-OH is 1. The van der Waals surface area contributed by atoms with E-state index in [4.69, 9.17) is 0 Å². The van der Waals surface area contributed by atoms with Crippen molar-refractivity contribution >= 4 is 10.0 Å². The summed E-state index contributed by atoms with van der Waals surface area (Å²) in [5.74, 6) is 0.133. The molecule has 25 heavy (non-hydrogen) atoms. The number of aryl methyl sites for hydroxylation is 3. The fourth-order valence-electron chi connectivity index (χ4n) is 3.39. The van der Waals surface area contributed by atoms with Crippen molar-refractivity contribution in [1.29, 1.82) is 0 Å². The molecule has 0 aliphatic rings. The van der Waals surface area contributed by atoms with Gasteiger partial charge in [0.15, 0.2) is 0 Å². The second-order valence-electron chi connectivity index (χ2n) is 6.53. The van der Waals surface area contributed by atoms with E-state index >= 15 is 0 Å². The van der Waals surface area contributed by atoms with Gasteiger partial charge in [-0.05, 0) is 56.2 Å². The van der Waals surface area contributed by atoms with Gasteiger partial charge in [0.05, 0.1) is 4.90 Å². The van der Waals surface area contributed by atoms with Crippen LogP contribution >= 0.6 is 0 Å². The third-order valence-corrected chi connectivity index (χ3v) is 6.17. The molecule has 1 atom stereocenters. The first-order valence-corrected chi connectivity index (χ1v) is 10.1. The molecule has 0 aliphatic carbocycles. The molecule has 0 fully saturated rings. The van der Waals surface area contributed by atoms with Crippen LogP contribution in [0.5, 0.6) is 0 Å². The second kappa shape index (κ2) is 8.61. The largest absolute Gasteiger partial charge is 0.396 e. The monoisotopic (exact) mass is 361 g/mol. The van der Waals surface area contributed by atoms with E-state index in [1.54, 1.807) is 0 Å². The van der Waals surface area contributed by atoms with Crippen LogP contribution in [0.15, 0.2) is 47.4 Å². The van der Waals surface area contributed by atoms with Crippen LogP contribution in [0, 0.1) is 20.8 Å². The highest BCUT2D eigenvalue weighted by atomic mass is 32.2. The van der Waals surface area contributed by atoms with Crippen LogP contribution in [0.2, 0.25) is 0 Å². The zero-order valence-corrected chi connectivity index (χ0v) is 15.9. The molecule has 2 aromatic carbocycles. The molecular weight excluding hydrogens is 334 g/mol. The van der Waals surface area contributed by atoms with Gasteiger partial charge in [0.2, 0.25) is 10.0 Å². The van der Waals surface area contributed by atoms with Gasteiger partial charge in [-0.25, -0.2) is 13.1 Å². The first-order valence-electron chi connectivity index (χ1n) is 8.58. The Morgan fingerprint density at radius 3 is 2.16 bits per heavy atom. The fourth-order valence-corrected chi connectivity index (χ4v) is 4.89. The third kappa shape index (κ3) is 5.14. The minimum absolute atomic E-state index is 0.0858. The summed E-state index contributed by atoms with van der Waals surface area (Å²) in [4.78, 5) is 0.372. The van der Waals surface area contributed by atoms with Gasteiger partial charge in [0.1, 0.15) is 0 Å². The quantitative estimate of drug-likeness (QED) is 0.757. The molecule has 1 unspecified atom stereocenters. The average molecular weight is 362 g/mol. The molecule has 0 aromatic heterocycles. The highest BCUT2D eigenvalue weighted by Crippen LogP contribution is 2.24. The lowest BCUT2D eigenvalue weighted by atomic mass is 9.93. The molecule has 4 nitrogen and oxygen atoms in total. The van der Waals surface area contributed by atoms with Gasteiger partial charge in [-0.1, -0.05) is 48.0 Å². The Hall–Kier alpha value is -1.69. The summed E-state index contributed by atoms with van der Waals surface area (Å²) in [5.41, 5.74) is 3.71. The van der Waals surface area contributed by atoms with E-state index < -0.39 is 10.0 Å². The molecule has 136 valence electrons. The predicted molar refractivity (Wildman–Crippen MR) is 101 cm³/mol. The van der Waals surface area contributed by atoms with Gasteiger partial charge < -0.3 is 5.11 Å². The zero-order valence-electron chi connectivity index (χ0n) is 15.1. The molecule has 0 aliphatic heterocycles. The van der Waals surface area contributed by atoms with E-state index in [9.17, 15) is 13.5 Å². The molecule has 0 saturated heterocycles. The Balaban J connectivity index is 2.09. The maximum Gasteiger partial charge on any atom is 0.241 e. The van der Waals surface area contributed by atoms with E-state index in [1.165, 1.54) is 0 Å². The summed E-state index contributed by atoms with van der Waals surface area (Å²) < 4.78 is 28.1. The topological polar surface area (TPSA) is 66.4 Å². The standard InChI is InChI=1S/C20H27NO3S/c1-15-13-16(2)20(17(3)14-15)25(23,24)21-11-9-19(10-12-22)18-7-5-4-6-8-18/h4-8,13-14,19,21-22H,9-12H2,1-3H3. The van der Waals surface area contributed by atoms with E-state index in [0.29, 0.717) is 24.3 Å². The number of hydrogen-bond acceptors (Lipinski definition) is 3. The minimum Gasteiger partial charge on any atom is -0.396 e.